The average Bonchev–Trinajstić information content (AvgIpc) is 0.907. The third-order valence-electron chi connectivity index (χ3n) is 17.5. The minimum Gasteiger partial charge on any atom is -0.463 e. The van der Waals surface area contributed by atoms with E-state index in [0.717, 1.165) is 161 Å². The molecule has 0 bridgehead atoms. The van der Waals surface area contributed by atoms with Gasteiger partial charge in [-0.1, -0.05) is 327 Å². The van der Waals surface area contributed by atoms with Crippen molar-refractivity contribution in [2.24, 2.45) is 0 Å². The molecule has 0 aliphatic rings. The van der Waals surface area contributed by atoms with Crippen LogP contribution in [0.4, 0.5) is 0 Å². The second-order valence-electron chi connectivity index (χ2n) is 27.9. The number of phosphoric ester groups is 2. The van der Waals surface area contributed by atoms with E-state index in [1.54, 1.807) is 0 Å². The van der Waals surface area contributed by atoms with Gasteiger partial charge >= 0.3 is 33.6 Å². The maximum absolute atomic E-state index is 13.0. The van der Waals surface area contributed by atoms with Gasteiger partial charge in [0.2, 0.25) is 0 Å². The van der Waals surface area contributed by atoms with Crippen molar-refractivity contribution < 1.29 is 75.8 Å². The predicted molar refractivity (Wildman–Crippen MR) is 445 cm³/mol. The number of hydrogen-bond acceptors (Lipinski definition) is 14. The Kier molecular flexibility index (Phi) is 77.5. The summed E-state index contributed by atoms with van der Waals surface area (Å²) in [6.45, 7) is 2.40. The Bertz CT molecular complexity index is 2530. The number of carbonyl (C=O) groups is 3. The Labute approximate surface area is 651 Å². The summed E-state index contributed by atoms with van der Waals surface area (Å²) in [6, 6.07) is 0. The molecule has 5 atom stereocenters. The van der Waals surface area contributed by atoms with Crippen molar-refractivity contribution in [3.05, 3.63) is 146 Å². The van der Waals surface area contributed by atoms with Crippen LogP contribution in [0.25, 0.3) is 0 Å². The van der Waals surface area contributed by atoms with Crippen LogP contribution < -0.4 is 0 Å². The standard InChI is InChI=1S/C89H152O16P2/c1-4-7-10-13-16-19-22-25-28-31-33-34-35-36-37-38-39-40-41-42-43-44-45-46-47-48-50-53-54-57-60-63-66-69-72-75-87(92)99-78-84(90)79-101-106(95,96)102-80-85(91)81-103-107(97,98)104-83-86(105-89(94)77-74-71-68-65-62-59-56-51-30-27-24-21-18-15-12-9-6-3)82-100-88(93)76-73-70-67-64-61-58-55-52-49-32-29-26-23-20-17-14-11-8-5-2/h7,9-10,12,16-21,25-30,33-34,36-37,49,52,56,59,84-86,90-91H,4-6,8,11,13-15,22-24,31-32,35,38-48,50-51,53-55,57-58,60-83H2,1-3H3,(H,95,96)(H,97,98)/b10-7-,12-9-,19-16-,20-17-,21-18-,28-25-,29-26-,30-27-,34-33-,37-36-,52-49-,59-56-. The van der Waals surface area contributed by atoms with E-state index in [-0.39, 0.29) is 19.3 Å². The van der Waals surface area contributed by atoms with Crippen molar-refractivity contribution in [2.75, 3.05) is 39.6 Å². The van der Waals surface area contributed by atoms with Gasteiger partial charge in [0.25, 0.3) is 0 Å². The first-order valence-electron chi connectivity index (χ1n) is 42.1. The lowest BCUT2D eigenvalue weighted by Crippen LogP contribution is -2.30. The van der Waals surface area contributed by atoms with Crippen LogP contribution in [0.1, 0.15) is 342 Å². The Balaban J connectivity index is 4.45. The maximum atomic E-state index is 13.0. The molecule has 0 aromatic rings. The fourth-order valence-electron chi connectivity index (χ4n) is 11.2. The number of aliphatic hydroxyl groups is 2. The van der Waals surface area contributed by atoms with Gasteiger partial charge in [-0.3, -0.25) is 32.5 Å². The molecule has 0 saturated heterocycles. The molecule has 614 valence electrons. The quantitative estimate of drug-likeness (QED) is 0.0146. The highest BCUT2D eigenvalue weighted by Crippen LogP contribution is 2.45. The zero-order chi connectivity index (χ0) is 78.0. The summed E-state index contributed by atoms with van der Waals surface area (Å²) in [5.41, 5.74) is 0. The van der Waals surface area contributed by atoms with Crippen molar-refractivity contribution in [1.29, 1.82) is 0 Å². The number of aliphatic hydroxyl groups excluding tert-OH is 2. The molecular weight excluding hydrogens is 1390 g/mol. The van der Waals surface area contributed by atoms with Gasteiger partial charge in [-0.15, -0.1) is 0 Å². The number of unbranched alkanes of at least 4 members (excludes halogenated alkanes) is 32. The number of rotatable bonds is 79. The Morgan fingerprint density at radius 1 is 0.271 bits per heavy atom. The highest BCUT2D eigenvalue weighted by atomic mass is 31.2. The van der Waals surface area contributed by atoms with E-state index in [0.29, 0.717) is 19.3 Å². The molecule has 0 aromatic heterocycles. The summed E-state index contributed by atoms with van der Waals surface area (Å²) < 4.78 is 61.2. The molecule has 0 aliphatic carbocycles. The first-order chi connectivity index (χ1) is 52.2. The summed E-state index contributed by atoms with van der Waals surface area (Å²) in [7, 11) is -9.81. The van der Waals surface area contributed by atoms with E-state index in [2.05, 4.69) is 167 Å². The van der Waals surface area contributed by atoms with Crippen LogP contribution in [0.5, 0.6) is 0 Å². The molecule has 0 radical (unpaired) electrons. The number of phosphoric acid groups is 2. The summed E-state index contributed by atoms with van der Waals surface area (Å²) in [5.74, 6) is -1.61. The van der Waals surface area contributed by atoms with Gasteiger partial charge in [0.05, 0.1) is 26.4 Å². The summed E-state index contributed by atoms with van der Waals surface area (Å²) in [4.78, 5) is 58.7. The molecule has 0 heterocycles. The first kappa shape index (κ1) is 102. The van der Waals surface area contributed by atoms with Crippen LogP contribution >= 0.6 is 15.6 Å². The average molecular weight is 1540 g/mol. The SMILES string of the molecule is CC/C=C\C/C=C\C/C=C\C/C=C\C/C=C\CCCCCCCCCCCCCCCCCCCCCC(=O)OCC(O)COP(=O)(O)OCC(O)COP(=O)(O)OCC(COC(=O)CCCCCCCC/C=C\C/C=C\C/C=C\CCCCC)OC(=O)CCCCCC/C=C\C/C=C\C/C=C\C/C=C\CC. The van der Waals surface area contributed by atoms with Crippen molar-refractivity contribution in [3.63, 3.8) is 0 Å². The number of allylic oxidation sites excluding steroid dienone is 24. The molecule has 0 spiro atoms. The lowest BCUT2D eigenvalue weighted by Gasteiger charge is -2.21. The minimum atomic E-state index is -4.94. The van der Waals surface area contributed by atoms with Gasteiger partial charge in [-0.25, -0.2) is 9.13 Å². The summed E-state index contributed by atoms with van der Waals surface area (Å²) in [5, 5.41) is 20.7. The lowest BCUT2D eigenvalue weighted by atomic mass is 10.0. The van der Waals surface area contributed by atoms with Crippen LogP contribution in [0.3, 0.4) is 0 Å². The van der Waals surface area contributed by atoms with Crippen LogP contribution in [-0.4, -0.2) is 95.9 Å². The van der Waals surface area contributed by atoms with Crippen LogP contribution in [-0.2, 0) is 55.8 Å². The molecule has 0 aliphatic heterocycles. The van der Waals surface area contributed by atoms with E-state index >= 15 is 0 Å². The minimum absolute atomic E-state index is 0.0707. The third kappa shape index (κ3) is 82.2. The van der Waals surface area contributed by atoms with Gasteiger partial charge in [-0.05, 0) is 141 Å². The second kappa shape index (κ2) is 80.9. The highest BCUT2D eigenvalue weighted by molar-refractivity contribution is 7.47. The van der Waals surface area contributed by atoms with E-state index in [9.17, 15) is 43.5 Å². The molecule has 0 saturated carbocycles. The number of esters is 3. The Morgan fingerprint density at radius 2 is 0.495 bits per heavy atom. The Morgan fingerprint density at radius 3 is 0.785 bits per heavy atom. The fraction of sp³-hybridized carbons (Fsp3) is 0.697. The van der Waals surface area contributed by atoms with Crippen molar-refractivity contribution >= 4 is 33.6 Å². The van der Waals surface area contributed by atoms with E-state index in [1.807, 2.05) is 0 Å². The normalized spacial score (nSPS) is 14.6. The van der Waals surface area contributed by atoms with Crippen molar-refractivity contribution in [2.45, 2.75) is 360 Å². The van der Waals surface area contributed by atoms with Crippen molar-refractivity contribution in [1.82, 2.24) is 0 Å². The molecule has 0 aromatic carbocycles. The molecule has 18 heteroatoms. The fourth-order valence-corrected chi connectivity index (χ4v) is 12.8. The van der Waals surface area contributed by atoms with E-state index in [1.165, 1.54) is 122 Å². The van der Waals surface area contributed by atoms with Crippen molar-refractivity contribution in [3.8, 4) is 0 Å². The highest BCUT2D eigenvalue weighted by Gasteiger charge is 2.29. The Hall–Kier alpha value is -4.57. The van der Waals surface area contributed by atoms with E-state index < -0.39 is 91.5 Å². The summed E-state index contributed by atoms with van der Waals surface area (Å²) in [6.07, 6.45) is 101. The smallest absolute Gasteiger partial charge is 0.463 e. The topological polar surface area (TPSA) is 231 Å². The van der Waals surface area contributed by atoms with Gasteiger partial charge in [0.15, 0.2) is 6.10 Å². The number of hydrogen-bond donors (Lipinski definition) is 4. The third-order valence-corrected chi connectivity index (χ3v) is 19.4. The van der Waals surface area contributed by atoms with Gasteiger partial charge in [-0.2, -0.15) is 0 Å². The van der Waals surface area contributed by atoms with Gasteiger partial charge in [0, 0.05) is 19.3 Å². The molecule has 0 fully saturated rings. The largest absolute Gasteiger partial charge is 0.472 e. The molecule has 0 rings (SSSR count). The first-order valence-corrected chi connectivity index (χ1v) is 45.1. The van der Waals surface area contributed by atoms with Crippen LogP contribution in [0.15, 0.2) is 146 Å². The van der Waals surface area contributed by atoms with Gasteiger partial charge in [0.1, 0.15) is 25.4 Å². The number of carbonyl (C=O) groups excluding carboxylic acids is 3. The maximum Gasteiger partial charge on any atom is 0.472 e. The monoisotopic (exact) mass is 1540 g/mol. The zero-order valence-electron chi connectivity index (χ0n) is 67.3. The van der Waals surface area contributed by atoms with Crippen LogP contribution in [0.2, 0.25) is 0 Å². The van der Waals surface area contributed by atoms with E-state index in [4.69, 9.17) is 32.3 Å². The molecule has 5 unspecified atom stereocenters. The zero-order valence-corrected chi connectivity index (χ0v) is 69.1. The second-order valence-corrected chi connectivity index (χ2v) is 30.8. The molecule has 107 heavy (non-hydrogen) atoms. The molecule has 0 amide bonds. The predicted octanol–water partition coefficient (Wildman–Crippen LogP) is 25.2. The molecule has 16 nitrogen and oxygen atoms in total. The van der Waals surface area contributed by atoms with Gasteiger partial charge < -0.3 is 34.2 Å². The lowest BCUT2D eigenvalue weighted by molar-refractivity contribution is -0.161. The summed E-state index contributed by atoms with van der Waals surface area (Å²) >= 11 is 0. The number of ether oxygens (including phenoxy) is 3. The molecule has 4 N–H and O–H groups in total. The van der Waals surface area contributed by atoms with Crippen LogP contribution in [0, 0.1) is 0 Å². The molecular formula is C89H152O16P2.